The Hall–Kier alpha value is -3.16. The summed E-state index contributed by atoms with van der Waals surface area (Å²) in [4.78, 5) is 0. The number of allylic oxidation sites excluding steroid dienone is 4. The van der Waals surface area contributed by atoms with Crippen LogP contribution < -0.4 is 0 Å². The molecule has 0 fully saturated rings. The summed E-state index contributed by atoms with van der Waals surface area (Å²) in [5.41, 5.74) is 10.8. The molecule has 188 valence electrons. The van der Waals surface area contributed by atoms with Gasteiger partial charge in [0.25, 0.3) is 0 Å². The van der Waals surface area contributed by atoms with Gasteiger partial charge in [0, 0.05) is 0 Å². The van der Waals surface area contributed by atoms with Gasteiger partial charge in [-0.2, -0.15) is 0 Å². The zero-order chi connectivity index (χ0) is 26.3. The SMILES string of the molecule is Cc1cc2c3c(ccc2cc1-c1ccc2ccccc2c1C(C)O)C1=C(CC(C)(C)C=C1)C(C)C3(C)C. The lowest BCUT2D eigenvalue weighted by molar-refractivity contribution is 0.201. The Morgan fingerprint density at radius 3 is 2.30 bits per heavy atom. The van der Waals surface area contributed by atoms with Gasteiger partial charge in [-0.1, -0.05) is 107 Å². The highest BCUT2D eigenvalue weighted by Gasteiger charge is 2.41. The van der Waals surface area contributed by atoms with Crippen LogP contribution in [-0.2, 0) is 5.41 Å². The molecule has 4 aromatic rings. The number of hydrogen-bond donors (Lipinski definition) is 1. The third kappa shape index (κ3) is 3.62. The number of aliphatic hydroxyl groups excluding tert-OH is 1. The topological polar surface area (TPSA) is 20.2 Å². The lowest BCUT2D eigenvalue weighted by Gasteiger charge is -2.45. The second-order valence-corrected chi connectivity index (χ2v) is 12.7. The minimum atomic E-state index is -0.549. The molecule has 37 heavy (non-hydrogen) atoms. The Kier molecular flexibility index (Phi) is 5.34. The van der Waals surface area contributed by atoms with Crippen LogP contribution in [-0.4, -0.2) is 5.11 Å². The molecule has 0 bridgehead atoms. The molecule has 0 saturated heterocycles. The standard InChI is InChI=1S/C36H38O/c1-21-18-31-25(19-30(21)28-14-12-24-10-8-9-11-26(24)33(28)23(3)37)13-15-29-27-16-17-35(4,5)20-32(27)22(2)36(6,7)34(29)31/h8-19,22-23,37H,20H2,1-7H3. The van der Waals surface area contributed by atoms with Crippen molar-refractivity contribution in [3.63, 3.8) is 0 Å². The van der Waals surface area contributed by atoms with Crippen LogP contribution in [0.1, 0.15) is 76.3 Å². The highest BCUT2D eigenvalue weighted by atomic mass is 16.3. The van der Waals surface area contributed by atoms with Crippen molar-refractivity contribution < 1.29 is 5.11 Å². The first-order valence-electron chi connectivity index (χ1n) is 13.7. The van der Waals surface area contributed by atoms with E-state index in [4.69, 9.17) is 0 Å². The van der Waals surface area contributed by atoms with Crippen molar-refractivity contribution >= 4 is 27.1 Å². The molecule has 0 spiro atoms. The molecule has 0 aliphatic heterocycles. The fraction of sp³-hybridized carbons (Fsp3) is 0.333. The van der Waals surface area contributed by atoms with Crippen molar-refractivity contribution in [1.29, 1.82) is 0 Å². The maximum Gasteiger partial charge on any atom is 0.0773 e. The van der Waals surface area contributed by atoms with Crippen LogP contribution in [0.25, 0.3) is 38.2 Å². The van der Waals surface area contributed by atoms with Crippen LogP contribution >= 0.6 is 0 Å². The smallest absolute Gasteiger partial charge is 0.0773 e. The summed E-state index contributed by atoms with van der Waals surface area (Å²) in [7, 11) is 0. The van der Waals surface area contributed by atoms with Crippen LogP contribution in [0.4, 0.5) is 0 Å². The van der Waals surface area contributed by atoms with Crippen molar-refractivity contribution in [2.45, 2.75) is 66.4 Å². The number of aliphatic hydroxyl groups is 1. The van der Waals surface area contributed by atoms with Gasteiger partial charge in [-0.15, -0.1) is 0 Å². The largest absolute Gasteiger partial charge is 0.389 e. The van der Waals surface area contributed by atoms with E-state index in [-0.39, 0.29) is 10.8 Å². The average molecular weight is 487 g/mol. The fourth-order valence-corrected chi connectivity index (χ4v) is 7.03. The average Bonchev–Trinajstić information content (AvgIpc) is 2.85. The van der Waals surface area contributed by atoms with Crippen molar-refractivity contribution in [2.75, 3.05) is 0 Å². The van der Waals surface area contributed by atoms with E-state index in [1.54, 1.807) is 5.57 Å². The number of benzene rings is 4. The first kappa shape index (κ1) is 24.2. The van der Waals surface area contributed by atoms with Crippen LogP contribution in [0, 0.1) is 18.3 Å². The van der Waals surface area contributed by atoms with Gasteiger partial charge in [0.15, 0.2) is 0 Å². The Morgan fingerprint density at radius 1 is 0.838 bits per heavy atom. The second-order valence-electron chi connectivity index (χ2n) is 12.7. The van der Waals surface area contributed by atoms with Crippen molar-refractivity contribution in [1.82, 2.24) is 0 Å². The van der Waals surface area contributed by atoms with E-state index >= 15 is 0 Å². The summed E-state index contributed by atoms with van der Waals surface area (Å²) in [6.45, 7) is 16.1. The van der Waals surface area contributed by atoms with Gasteiger partial charge >= 0.3 is 0 Å². The normalized spacial score (nSPS) is 20.7. The zero-order valence-corrected chi connectivity index (χ0v) is 23.2. The van der Waals surface area contributed by atoms with Gasteiger partial charge in [0.2, 0.25) is 0 Å². The molecule has 0 aromatic heterocycles. The van der Waals surface area contributed by atoms with Gasteiger partial charge in [-0.05, 0) is 104 Å². The Labute approximate surface area is 221 Å². The number of fused-ring (bicyclic) bond motifs is 5. The molecule has 2 aliphatic rings. The second kappa shape index (κ2) is 8.17. The number of aryl methyl sites for hydroxylation is 1. The number of rotatable bonds is 2. The molecule has 2 atom stereocenters. The monoisotopic (exact) mass is 486 g/mol. The molecular weight excluding hydrogens is 448 g/mol. The molecule has 2 aliphatic carbocycles. The van der Waals surface area contributed by atoms with E-state index in [0.717, 1.165) is 28.3 Å². The van der Waals surface area contributed by atoms with Crippen molar-refractivity contribution in [3.05, 3.63) is 101 Å². The van der Waals surface area contributed by atoms with Gasteiger partial charge in [-0.3, -0.25) is 0 Å². The zero-order valence-electron chi connectivity index (χ0n) is 23.2. The summed E-state index contributed by atoms with van der Waals surface area (Å²) < 4.78 is 0. The molecular formula is C36H38O. The molecule has 6 rings (SSSR count). The van der Waals surface area contributed by atoms with Crippen LogP contribution in [0.3, 0.4) is 0 Å². The van der Waals surface area contributed by atoms with Crippen molar-refractivity contribution in [3.8, 4) is 11.1 Å². The van der Waals surface area contributed by atoms with E-state index in [1.165, 1.54) is 38.6 Å². The highest BCUT2D eigenvalue weighted by Crippen LogP contribution is 2.54. The minimum Gasteiger partial charge on any atom is -0.389 e. The minimum absolute atomic E-state index is 0.0383. The lowest BCUT2D eigenvalue weighted by Crippen LogP contribution is -2.35. The summed E-state index contributed by atoms with van der Waals surface area (Å²) in [5.74, 6) is 0.479. The molecule has 4 aromatic carbocycles. The molecule has 0 heterocycles. The fourth-order valence-electron chi connectivity index (χ4n) is 7.03. The molecule has 0 saturated carbocycles. The summed E-state index contributed by atoms with van der Waals surface area (Å²) in [6.07, 6.45) is 5.37. The predicted octanol–water partition coefficient (Wildman–Crippen LogP) is 9.69. The lowest BCUT2D eigenvalue weighted by atomic mass is 9.59. The Balaban J connectivity index is 1.60. The highest BCUT2D eigenvalue weighted by molar-refractivity contribution is 6.00. The van der Waals surface area contributed by atoms with Crippen LogP contribution in [0.15, 0.2) is 78.4 Å². The van der Waals surface area contributed by atoms with E-state index in [9.17, 15) is 5.11 Å². The maximum absolute atomic E-state index is 10.9. The maximum atomic E-state index is 10.9. The quantitative estimate of drug-likeness (QED) is 0.299. The van der Waals surface area contributed by atoms with Gasteiger partial charge in [0.05, 0.1) is 6.10 Å². The summed E-state index contributed by atoms with van der Waals surface area (Å²) >= 11 is 0. The van der Waals surface area contributed by atoms with Crippen LogP contribution in [0.2, 0.25) is 0 Å². The molecule has 1 heteroatoms. The van der Waals surface area contributed by atoms with Crippen LogP contribution in [0.5, 0.6) is 0 Å². The van der Waals surface area contributed by atoms with E-state index in [0.29, 0.717) is 5.92 Å². The first-order valence-corrected chi connectivity index (χ1v) is 13.7. The van der Waals surface area contributed by atoms with Crippen molar-refractivity contribution in [2.24, 2.45) is 11.3 Å². The van der Waals surface area contributed by atoms with Gasteiger partial charge in [-0.25, -0.2) is 0 Å². The third-order valence-corrected chi connectivity index (χ3v) is 9.28. The molecule has 1 N–H and O–H groups in total. The Bertz CT molecular complexity index is 1640. The number of hydrogen-bond acceptors (Lipinski definition) is 1. The molecule has 2 unspecified atom stereocenters. The summed E-state index contributed by atoms with van der Waals surface area (Å²) in [6, 6.07) is 22.2. The first-order chi connectivity index (χ1) is 17.5. The molecule has 0 amide bonds. The molecule has 1 nitrogen and oxygen atoms in total. The summed E-state index contributed by atoms with van der Waals surface area (Å²) in [5, 5.41) is 15.8. The predicted molar refractivity (Wildman–Crippen MR) is 159 cm³/mol. The van der Waals surface area contributed by atoms with E-state index in [2.05, 4.69) is 114 Å². The molecule has 0 radical (unpaired) electrons. The van der Waals surface area contributed by atoms with E-state index in [1.807, 2.05) is 6.92 Å². The van der Waals surface area contributed by atoms with E-state index < -0.39 is 6.10 Å². The third-order valence-electron chi connectivity index (χ3n) is 9.28. The Morgan fingerprint density at radius 2 is 1.54 bits per heavy atom. The van der Waals surface area contributed by atoms with Gasteiger partial charge < -0.3 is 5.11 Å². The van der Waals surface area contributed by atoms with Gasteiger partial charge in [0.1, 0.15) is 0 Å².